The van der Waals surface area contributed by atoms with Gasteiger partial charge in [0.15, 0.2) is 0 Å². The fraction of sp³-hybridized carbons (Fsp3) is 0.500. The van der Waals surface area contributed by atoms with Crippen molar-refractivity contribution < 1.29 is 9.90 Å². The third-order valence-electron chi connectivity index (χ3n) is 3.30. The van der Waals surface area contributed by atoms with Crippen molar-refractivity contribution in [1.29, 1.82) is 0 Å². The van der Waals surface area contributed by atoms with Crippen molar-refractivity contribution >= 4 is 23.4 Å². The van der Waals surface area contributed by atoms with Crippen molar-refractivity contribution in [3.8, 4) is 5.75 Å². The second-order valence-electron chi connectivity index (χ2n) is 4.81. The minimum absolute atomic E-state index is 0.0840. The molecule has 1 aliphatic heterocycles. The largest absolute Gasteiger partial charge is 0.508 e. The van der Waals surface area contributed by atoms with E-state index in [-0.39, 0.29) is 11.7 Å². The van der Waals surface area contributed by atoms with Crippen LogP contribution in [0.3, 0.4) is 0 Å². The molecule has 1 saturated heterocycles. The minimum atomic E-state index is 0.0840. The third-order valence-corrected chi connectivity index (χ3v) is 4.35. The molecule has 0 saturated carbocycles. The number of carbonyl (C=O) groups is 1. The molecule has 1 heterocycles. The van der Waals surface area contributed by atoms with Crippen LogP contribution in [0.25, 0.3) is 0 Å². The summed E-state index contributed by atoms with van der Waals surface area (Å²) in [5.74, 6) is 3.20. The number of phenolic OH excluding ortho intramolecular Hbond substituents is 1. The normalized spacial score (nSPS) is 16.5. The van der Waals surface area contributed by atoms with Crippen LogP contribution in [0.5, 0.6) is 5.75 Å². The van der Waals surface area contributed by atoms with Crippen molar-refractivity contribution in [2.45, 2.75) is 26.2 Å². The summed E-state index contributed by atoms with van der Waals surface area (Å²) < 4.78 is 0. The van der Waals surface area contributed by atoms with Crippen LogP contribution in [0.1, 0.15) is 24.8 Å². The predicted octanol–water partition coefficient (Wildman–Crippen LogP) is 3.17. The Morgan fingerprint density at radius 1 is 1.44 bits per heavy atom. The molecule has 2 rings (SSSR count). The highest BCUT2D eigenvalue weighted by Gasteiger charge is 2.17. The molecule has 18 heavy (non-hydrogen) atoms. The summed E-state index contributed by atoms with van der Waals surface area (Å²) in [5.41, 5.74) is 1.69. The van der Waals surface area contributed by atoms with Gasteiger partial charge in [-0.15, -0.1) is 0 Å². The lowest BCUT2D eigenvalue weighted by atomic mass is 9.98. The molecule has 0 radical (unpaired) electrons. The van der Waals surface area contributed by atoms with Crippen molar-refractivity contribution in [3.63, 3.8) is 0 Å². The first kappa shape index (κ1) is 13.3. The van der Waals surface area contributed by atoms with E-state index in [0.29, 0.717) is 12.3 Å². The van der Waals surface area contributed by atoms with Crippen LogP contribution < -0.4 is 5.32 Å². The Hall–Kier alpha value is -1.16. The van der Waals surface area contributed by atoms with E-state index in [4.69, 9.17) is 0 Å². The zero-order chi connectivity index (χ0) is 13.0. The fourth-order valence-electron chi connectivity index (χ4n) is 2.20. The highest BCUT2D eigenvalue weighted by atomic mass is 32.2. The fourth-order valence-corrected chi connectivity index (χ4v) is 3.41. The van der Waals surface area contributed by atoms with Crippen molar-refractivity contribution in [3.05, 3.63) is 23.8 Å². The Labute approximate surface area is 112 Å². The number of anilines is 1. The number of rotatable bonds is 3. The Bertz CT molecular complexity index is 428. The Balaban J connectivity index is 1.90. The summed E-state index contributed by atoms with van der Waals surface area (Å²) in [6.45, 7) is 1.88. The van der Waals surface area contributed by atoms with Crippen LogP contribution in [0.4, 0.5) is 5.69 Å². The molecule has 98 valence electrons. The number of aromatic hydroxyl groups is 1. The van der Waals surface area contributed by atoms with E-state index in [1.54, 1.807) is 18.2 Å². The summed E-state index contributed by atoms with van der Waals surface area (Å²) in [6, 6.07) is 5.01. The van der Waals surface area contributed by atoms with Crippen LogP contribution in [0.15, 0.2) is 18.2 Å². The molecule has 1 fully saturated rings. The van der Waals surface area contributed by atoms with E-state index < -0.39 is 0 Å². The van der Waals surface area contributed by atoms with Gasteiger partial charge in [-0.2, -0.15) is 11.8 Å². The molecule has 1 aromatic carbocycles. The molecule has 1 aliphatic rings. The first-order valence-electron chi connectivity index (χ1n) is 6.32. The zero-order valence-corrected chi connectivity index (χ0v) is 11.4. The number of carbonyl (C=O) groups excluding carboxylic acids is 1. The number of aryl methyl sites for hydroxylation is 1. The number of benzene rings is 1. The minimum Gasteiger partial charge on any atom is -0.508 e. The lowest BCUT2D eigenvalue weighted by Gasteiger charge is -2.20. The monoisotopic (exact) mass is 265 g/mol. The molecule has 0 aromatic heterocycles. The number of nitrogens with one attached hydrogen (secondary N) is 1. The van der Waals surface area contributed by atoms with Gasteiger partial charge in [-0.1, -0.05) is 0 Å². The first-order chi connectivity index (χ1) is 8.65. The van der Waals surface area contributed by atoms with Gasteiger partial charge in [-0.25, -0.2) is 0 Å². The van der Waals surface area contributed by atoms with Crippen LogP contribution in [0.2, 0.25) is 0 Å². The van der Waals surface area contributed by atoms with E-state index in [9.17, 15) is 9.90 Å². The molecule has 3 nitrogen and oxygen atoms in total. The molecule has 0 spiro atoms. The summed E-state index contributed by atoms with van der Waals surface area (Å²) in [7, 11) is 0. The molecule has 0 atom stereocenters. The molecule has 1 amide bonds. The molecule has 4 heteroatoms. The van der Waals surface area contributed by atoms with Gasteiger partial charge in [0.2, 0.25) is 5.91 Å². The molecule has 1 aromatic rings. The average molecular weight is 265 g/mol. The van der Waals surface area contributed by atoms with Crippen molar-refractivity contribution in [2.24, 2.45) is 5.92 Å². The van der Waals surface area contributed by atoms with E-state index >= 15 is 0 Å². The zero-order valence-electron chi connectivity index (χ0n) is 10.6. The van der Waals surface area contributed by atoms with Crippen LogP contribution in [-0.2, 0) is 4.79 Å². The second kappa shape index (κ2) is 6.14. The molecule has 2 N–H and O–H groups in total. The van der Waals surface area contributed by atoms with Gasteiger partial charge in [0.1, 0.15) is 5.75 Å². The summed E-state index contributed by atoms with van der Waals surface area (Å²) >= 11 is 1.97. The summed E-state index contributed by atoms with van der Waals surface area (Å²) in [4.78, 5) is 11.9. The summed E-state index contributed by atoms with van der Waals surface area (Å²) in [6.07, 6.45) is 2.90. The van der Waals surface area contributed by atoms with Crippen LogP contribution in [-0.4, -0.2) is 22.5 Å². The number of hydrogen-bond donors (Lipinski definition) is 2. The maximum Gasteiger partial charge on any atom is 0.224 e. The Morgan fingerprint density at radius 3 is 2.83 bits per heavy atom. The van der Waals surface area contributed by atoms with Gasteiger partial charge >= 0.3 is 0 Å². The van der Waals surface area contributed by atoms with Gasteiger partial charge in [0.25, 0.3) is 0 Å². The highest BCUT2D eigenvalue weighted by molar-refractivity contribution is 7.99. The molecular formula is C14H19NO2S. The number of amides is 1. The Morgan fingerprint density at radius 2 is 2.17 bits per heavy atom. The van der Waals surface area contributed by atoms with E-state index in [2.05, 4.69) is 5.32 Å². The SMILES string of the molecule is Cc1cc(O)ccc1NC(=O)CC1CCSCC1. The Kier molecular flexibility index (Phi) is 4.53. The predicted molar refractivity (Wildman–Crippen MR) is 76.1 cm³/mol. The van der Waals surface area contributed by atoms with Crippen molar-refractivity contribution in [1.82, 2.24) is 0 Å². The topological polar surface area (TPSA) is 49.3 Å². The second-order valence-corrected chi connectivity index (χ2v) is 6.03. The van der Waals surface area contributed by atoms with E-state index in [0.717, 1.165) is 24.1 Å². The summed E-state index contributed by atoms with van der Waals surface area (Å²) in [5, 5.41) is 12.2. The van der Waals surface area contributed by atoms with Crippen LogP contribution in [0, 0.1) is 12.8 Å². The lowest BCUT2D eigenvalue weighted by molar-refractivity contribution is -0.117. The van der Waals surface area contributed by atoms with Gasteiger partial charge in [0.05, 0.1) is 0 Å². The number of thioether (sulfide) groups is 1. The lowest BCUT2D eigenvalue weighted by Crippen LogP contribution is -2.19. The maximum absolute atomic E-state index is 11.9. The first-order valence-corrected chi connectivity index (χ1v) is 7.48. The average Bonchev–Trinajstić information content (AvgIpc) is 2.34. The van der Waals surface area contributed by atoms with Crippen molar-refractivity contribution in [2.75, 3.05) is 16.8 Å². The number of phenols is 1. The van der Waals surface area contributed by atoms with E-state index in [1.165, 1.54) is 11.5 Å². The quantitative estimate of drug-likeness (QED) is 0.825. The third kappa shape index (κ3) is 3.67. The standard InChI is InChI=1S/C14H19NO2S/c1-10-8-12(16)2-3-13(10)15-14(17)9-11-4-6-18-7-5-11/h2-3,8,11,16H,4-7,9H2,1H3,(H,15,17). The van der Waals surface area contributed by atoms with Gasteiger partial charge < -0.3 is 10.4 Å². The molecule has 0 unspecified atom stereocenters. The van der Waals surface area contributed by atoms with Gasteiger partial charge in [0, 0.05) is 12.1 Å². The molecular weight excluding hydrogens is 246 g/mol. The highest BCUT2D eigenvalue weighted by Crippen LogP contribution is 2.26. The van der Waals surface area contributed by atoms with Gasteiger partial charge in [-0.3, -0.25) is 4.79 Å². The van der Waals surface area contributed by atoms with Gasteiger partial charge in [-0.05, 0) is 61.0 Å². The molecule has 0 aliphatic carbocycles. The van der Waals surface area contributed by atoms with Crippen LogP contribution >= 0.6 is 11.8 Å². The smallest absolute Gasteiger partial charge is 0.224 e. The van der Waals surface area contributed by atoms with E-state index in [1.807, 2.05) is 18.7 Å². The maximum atomic E-state index is 11.9. The number of hydrogen-bond acceptors (Lipinski definition) is 3. The molecule has 0 bridgehead atoms.